The highest BCUT2D eigenvalue weighted by Crippen LogP contribution is 2.42. The van der Waals surface area contributed by atoms with Crippen LogP contribution in [-0.4, -0.2) is 27.8 Å². The summed E-state index contributed by atoms with van der Waals surface area (Å²) in [5.41, 5.74) is 0. The number of carbonyl (C=O) groups is 2. The molecule has 0 saturated carbocycles. The smallest absolute Gasteiger partial charge is 0.452 e. The number of unbranched alkanes of at least 4 members (excludes halogenated alkanes) is 2. The number of ether oxygens (including phenoxy) is 1. The Labute approximate surface area is 135 Å². The summed E-state index contributed by atoms with van der Waals surface area (Å²) >= 11 is 0. The highest BCUT2D eigenvalue weighted by atomic mass is 28.3. The van der Waals surface area contributed by atoms with E-state index in [0.717, 1.165) is 19.3 Å². The van der Waals surface area contributed by atoms with E-state index in [9.17, 15) is 9.59 Å². The van der Waals surface area contributed by atoms with Gasteiger partial charge in [-0.1, -0.05) is 71.5 Å². The van der Waals surface area contributed by atoms with Crippen molar-refractivity contribution in [2.45, 2.75) is 77.8 Å². The van der Waals surface area contributed by atoms with Crippen molar-refractivity contribution in [1.82, 2.24) is 0 Å². The molecule has 0 spiro atoms. The van der Waals surface area contributed by atoms with Gasteiger partial charge in [0.05, 0.1) is 6.61 Å². The average Bonchev–Trinajstić information content (AvgIpc) is 2.36. The van der Waals surface area contributed by atoms with Gasteiger partial charge in [-0.3, -0.25) is 0 Å². The number of carbonyl (C=O) groups excluding carboxylic acids is 2. The second-order valence-corrected chi connectivity index (χ2v) is 12.0. The molecule has 0 bridgehead atoms. The van der Waals surface area contributed by atoms with Crippen LogP contribution in [0.4, 0.5) is 9.59 Å². The van der Waals surface area contributed by atoms with Crippen molar-refractivity contribution >= 4 is 21.2 Å². The molecule has 0 N–H and O–H groups in total. The van der Waals surface area contributed by atoms with Gasteiger partial charge in [-0.05, 0) is 16.5 Å². The average molecular weight is 331 g/mol. The fourth-order valence-corrected chi connectivity index (χ4v) is 5.95. The summed E-state index contributed by atoms with van der Waals surface area (Å²) in [6, 6.07) is 0. The van der Waals surface area contributed by atoms with Gasteiger partial charge in [0.1, 0.15) is 0 Å². The Balaban J connectivity index is 4.47. The zero-order valence-corrected chi connectivity index (χ0v) is 16.1. The number of nitrogens with zero attached hydrogens (tertiary/aromatic N) is 2. The zero-order chi connectivity index (χ0) is 17.4. The van der Waals surface area contributed by atoms with Crippen molar-refractivity contribution in [2.24, 2.45) is 10.2 Å². The molecular formula is C15H30N2O4Si. The van der Waals surface area contributed by atoms with Crippen molar-refractivity contribution in [3.63, 3.8) is 0 Å². The van der Waals surface area contributed by atoms with Crippen LogP contribution in [0.3, 0.4) is 0 Å². The topological polar surface area (TPSA) is 77.3 Å². The number of hydrogen-bond acceptors (Lipinski definition) is 4. The first-order valence-electron chi connectivity index (χ1n) is 7.77. The first kappa shape index (κ1) is 20.8. The SMILES string of the molecule is CCCCCOC(=O)N=NC(=O)O[SiH](C(C)(C)C)C(C)(C)C. The number of rotatable bonds is 5. The Bertz CT molecular complexity index is 383. The van der Waals surface area contributed by atoms with E-state index in [1.165, 1.54) is 0 Å². The highest BCUT2D eigenvalue weighted by Gasteiger charge is 2.41. The molecular weight excluding hydrogens is 300 g/mol. The molecule has 0 aromatic heterocycles. The van der Waals surface area contributed by atoms with Crippen molar-refractivity contribution in [1.29, 1.82) is 0 Å². The van der Waals surface area contributed by atoms with E-state index in [1.807, 2.05) is 41.5 Å². The molecule has 0 rings (SSSR count). The molecule has 0 atom stereocenters. The fraction of sp³-hybridized carbons (Fsp3) is 0.867. The Kier molecular flexibility index (Phi) is 8.51. The van der Waals surface area contributed by atoms with Gasteiger partial charge in [-0.2, -0.15) is 0 Å². The Morgan fingerprint density at radius 1 is 0.909 bits per heavy atom. The van der Waals surface area contributed by atoms with E-state index in [-0.39, 0.29) is 10.1 Å². The van der Waals surface area contributed by atoms with E-state index in [0.29, 0.717) is 6.61 Å². The molecule has 0 aliphatic rings. The maximum absolute atomic E-state index is 11.8. The molecule has 7 heteroatoms. The molecule has 0 aliphatic carbocycles. The summed E-state index contributed by atoms with van der Waals surface area (Å²) in [5.74, 6) is 0. The van der Waals surface area contributed by atoms with Gasteiger partial charge in [0, 0.05) is 0 Å². The lowest BCUT2D eigenvalue weighted by Crippen LogP contribution is -2.39. The third-order valence-corrected chi connectivity index (χ3v) is 6.56. The second kappa shape index (κ2) is 9.02. The summed E-state index contributed by atoms with van der Waals surface area (Å²) in [4.78, 5) is 23.1. The molecule has 2 amide bonds. The van der Waals surface area contributed by atoms with Gasteiger partial charge in [-0.15, -0.1) is 0 Å². The predicted molar refractivity (Wildman–Crippen MR) is 88.8 cm³/mol. The molecule has 0 saturated heterocycles. The Morgan fingerprint density at radius 3 is 1.86 bits per heavy atom. The van der Waals surface area contributed by atoms with Gasteiger partial charge in [0.15, 0.2) is 0 Å². The summed E-state index contributed by atoms with van der Waals surface area (Å²) in [6.45, 7) is 14.6. The van der Waals surface area contributed by atoms with E-state index in [4.69, 9.17) is 9.16 Å². The summed E-state index contributed by atoms with van der Waals surface area (Å²) in [7, 11) is -1.92. The van der Waals surface area contributed by atoms with E-state index in [1.54, 1.807) is 0 Å². The Hall–Kier alpha value is -1.24. The highest BCUT2D eigenvalue weighted by molar-refractivity contribution is 6.60. The van der Waals surface area contributed by atoms with Crippen LogP contribution in [0.15, 0.2) is 10.2 Å². The lowest BCUT2D eigenvalue weighted by atomic mass is 10.2. The minimum atomic E-state index is -1.92. The largest absolute Gasteiger partial charge is 0.503 e. The van der Waals surface area contributed by atoms with Gasteiger partial charge < -0.3 is 9.16 Å². The fourth-order valence-electron chi connectivity index (χ4n) is 2.40. The first-order valence-corrected chi connectivity index (χ1v) is 9.40. The lowest BCUT2D eigenvalue weighted by molar-refractivity contribution is 0.152. The molecule has 22 heavy (non-hydrogen) atoms. The maximum Gasteiger partial charge on any atom is 0.452 e. The van der Waals surface area contributed by atoms with E-state index in [2.05, 4.69) is 17.2 Å². The Morgan fingerprint density at radius 2 is 1.41 bits per heavy atom. The minimum absolute atomic E-state index is 0.107. The zero-order valence-electron chi connectivity index (χ0n) is 14.9. The normalized spacial score (nSPS) is 12.7. The second-order valence-electron chi connectivity index (χ2n) is 7.52. The predicted octanol–water partition coefficient (Wildman–Crippen LogP) is 5.23. The van der Waals surface area contributed by atoms with Crippen molar-refractivity contribution in [3.8, 4) is 0 Å². The van der Waals surface area contributed by atoms with Crippen molar-refractivity contribution < 1.29 is 18.8 Å². The van der Waals surface area contributed by atoms with Crippen LogP contribution in [-0.2, 0) is 9.16 Å². The van der Waals surface area contributed by atoms with Gasteiger partial charge in [0.25, 0.3) is 9.04 Å². The van der Waals surface area contributed by atoms with Crippen LogP contribution >= 0.6 is 0 Å². The third kappa shape index (κ3) is 8.91. The number of hydrogen-bond donors (Lipinski definition) is 0. The standard InChI is InChI=1S/C15H30N2O4Si/c1-8-9-10-11-20-12(18)16-17-13(19)21-22(14(2,3)4)15(5,6)7/h22H,8-11H2,1-7H3. The molecule has 0 radical (unpaired) electrons. The summed E-state index contributed by atoms with van der Waals surface area (Å²) in [6.07, 6.45) is 1.14. The van der Waals surface area contributed by atoms with Crippen LogP contribution in [0.5, 0.6) is 0 Å². The van der Waals surface area contributed by atoms with Crippen LogP contribution in [0.25, 0.3) is 0 Å². The van der Waals surface area contributed by atoms with Crippen LogP contribution in [0.2, 0.25) is 10.1 Å². The molecule has 0 aromatic carbocycles. The monoisotopic (exact) mass is 330 g/mol. The van der Waals surface area contributed by atoms with E-state index >= 15 is 0 Å². The molecule has 0 aromatic rings. The molecule has 0 unspecified atom stereocenters. The molecule has 128 valence electrons. The minimum Gasteiger partial charge on any atom is -0.503 e. The quantitative estimate of drug-likeness (QED) is 0.393. The molecule has 6 nitrogen and oxygen atoms in total. The molecule has 0 heterocycles. The van der Waals surface area contributed by atoms with Gasteiger partial charge >= 0.3 is 12.2 Å². The van der Waals surface area contributed by atoms with Gasteiger partial charge in [-0.25, -0.2) is 9.59 Å². The number of amides is 2. The molecule has 0 aliphatic heterocycles. The summed E-state index contributed by atoms with van der Waals surface area (Å²) in [5, 5.41) is 6.35. The van der Waals surface area contributed by atoms with Crippen LogP contribution in [0, 0.1) is 0 Å². The lowest BCUT2D eigenvalue weighted by Gasteiger charge is -2.36. The van der Waals surface area contributed by atoms with Crippen LogP contribution < -0.4 is 0 Å². The summed E-state index contributed by atoms with van der Waals surface area (Å²) < 4.78 is 10.3. The van der Waals surface area contributed by atoms with Crippen LogP contribution in [0.1, 0.15) is 67.7 Å². The first-order chi connectivity index (χ1) is 9.98. The van der Waals surface area contributed by atoms with E-state index < -0.39 is 21.2 Å². The van der Waals surface area contributed by atoms with Gasteiger partial charge in [0.2, 0.25) is 0 Å². The van der Waals surface area contributed by atoms with Crippen molar-refractivity contribution in [2.75, 3.05) is 6.61 Å². The van der Waals surface area contributed by atoms with Crippen molar-refractivity contribution in [3.05, 3.63) is 0 Å². The molecule has 0 fully saturated rings. The third-order valence-electron chi connectivity index (χ3n) is 2.98. The number of azo groups is 1. The maximum atomic E-state index is 11.8.